The van der Waals surface area contributed by atoms with Crippen molar-refractivity contribution in [2.75, 3.05) is 46.4 Å². The summed E-state index contributed by atoms with van der Waals surface area (Å²) in [6, 6.07) is 15.6. The number of carbonyl (C=O) groups excluding carboxylic acids is 2. The van der Waals surface area contributed by atoms with Crippen molar-refractivity contribution >= 4 is 17.4 Å². The Balaban J connectivity index is 1.70. The summed E-state index contributed by atoms with van der Waals surface area (Å²) in [5.74, 6) is -0.742. The van der Waals surface area contributed by atoms with Crippen LogP contribution in [-0.2, 0) is 9.59 Å². The van der Waals surface area contributed by atoms with E-state index in [1.165, 1.54) is 0 Å². The molecule has 2 aliphatic heterocycles. The molecule has 7 heteroatoms. The van der Waals surface area contributed by atoms with Gasteiger partial charge in [-0.25, -0.2) is 0 Å². The van der Waals surface area contributed by atoms with Crippen LogP contribution in [0.3, 0.4) is 0 Å². The Labute approximate surface area is 181 Å². The monoisotopic (exact) mass is 421 g/mol. The maximum Gasteiger partial charge on any atom is 0.295 e. The summed E-state index contributed by atoms with van der Waals surface area (Å²) in [7, 11) is 1.56. The number of piperazine rings is 1. The van der Waals surface area contributed by atoms with Gasteiger partial charge in [-0.05, 0) is 29.8 Å². The van der Waals surface area contributed by atoms with E-state index in [-0.39, 0.29) is 11.3 Å². The van der Waals surface area contributed by atoms with Gasteiger partial charge in [0, 0.05) is 44.8 Å². The summed E-state index contributed by atoms with van der Waals surface area (Å²) in [5, 5.41) is 14.4. The van der Waals surface area contributed by atoms with E-state index in [0.717, 1.165) is 31.7 Å². The Morgan fingerprint density at radius 2 is 1.71 bits per heavy atom. The van der Waals surface area contributed by atoms with Crippen molar-refractivity contribution in [1.29, 1.82) is 0 Å². The van der Waals surface area contributed by atoms with Crippen molar-refractivity contribution in [3.8, 4) is 5.75 Å². The molecule has 0 bridgehead atoms. The van der Waals surface area contributed by atoms with E-state index in [4.69, 9.17) is 4.74 Å². The van der Waals surface area contributed by atoms with Gasteiger partial charge >= 0.3 is 0 Å². The van der Waals surface area contributed by atoms with Crippen molar-refractivity contribution < 1.29 is 19.4 Å². The maximum absolute atomic E-state index is 13.0. The van der Waals surface area contributed by atoms with E-state index in [9.17, 15) is 14.7 Å². The van der Waals surface area contributed by atoms with Crippen LogP contribution in [0.15, 0.2) is 60.2 Å². The highest BCUT2D eigenvalue weighted by atomic mass is 16.5. The molecule has 2 aromatic carbocycles. The van der Waals surface area contributed by atoms with Crippen molar-refractivity contribution in [3.05, 3.63) is 71.3 Å². The molecule has 0 saturated carbocycles. The molecule has 0 radical (unpaired) electrons. The molecular weight excluding hydrogens is 394 g/mol. The number of Topliss-reactive ketones (excluding diaryl/α,β-unsaturated/α-hetero) is 1. The Hall–Kier alpha value is -3.16. The lowest BCUT2D eigenvalue weighted by molar-refractivity contribution is -0.140. The first kappa shape index (κ1) is 21.1. The van der Waals surface area contributed by atoms with Crippen molar-refractivity contribution in [2.45, 2.75) is 6.04 Å². The molecule has 2 fully saturated rings. The van der Waals surface area contributed by atoms with Gasteiger partial charge in [-0.1, -0.05) is 30.3 Å². The lowest BCUT2D eigenvalue weighted by Gasteiger charge is -2.31. The first-order valence-electron chi connectivity index (χ1n) is 10.5. The second-order valence-corrected chi connectivity index (χ2v) is 7.72. The fourth-order valence-electron chi connectivity index (χ4n) is 4.18. The number of ketones is 1. The Bertz CT molecular complexity index is 966. The highest BCUT2D eigenvalue weighted by molar-refractivity contribution is 6.46. The second-order valence-electron chi connectivity index (χ2n) is 7.72. The molecule has 2 saturated heterocycles. The highest BCUT2D eigenvalue weighted by Gasteiger charge is 2.45. The normalized spacial score (nSPS) is 21.5. The minimum absolute atomic E-state index is 0.127. The van der Waals surface area contributed by atoms with Crippen LogP contribution < -0.4 is 10.1 Å². The number of rotatable bonds is 6. The van der Waals surface area contributed by atoms with Gasteiger partial charge in [0.2, 0.25) is 0 Å². The molecule has 4 rings (SSSR count). The smallest absolute Gasteiger partial charge is 0.295 e. The van der Waals surface area contributed by atoms with Crippen molar-refractivity contribution in [1.82, 2.24) is 15.1 Å². The second kappa shape index (κ2) is 9.32. The fraction of sp³-hybridized carbons (Fsp3) is 0.333. The third-order valence-corrected chi connectivity index (χ3v) is 5.89. The van der Waals surface area contributed by atoms with Crippen LogP contribution in [-0.4, -0.2) is 73.0 Å². The molecule has 1 amide bonds. The quantitative estimate of drug-likeness (QED) is 0.422. The number of likely N-dealkylation sites (tertiary alicyclic amines) is 1. The number of carbonyl (C=O) groups is 2. The molecule has 31 heavy (non-hydrogen) atoms. The molecule has 0 spiro atoms. The van der Waals surface area contributed by atoms with E-state index >= 15 is 0 Å². The van der Waals surface area contributed by atoms with Crippen LogP contribution in [0.4, 0.5) is 0 Å². The van der Waals surface area contributed by atoms with E-state index in [1.54, 1.807) is 36.3 Å². The summed E-state index contributed by atoms with van der Waals surface area (Å²) >= 11 is 0. The lowest BCUT2D eigenvalue weighted by atomic mass is 9.95. The average Bonchev–Trinajstić information content (AvgIpc) is 3.08. The molecular formula is C24H27N3O4. The molecule has 0 aromatic heterocycles. The Morgan fingerprint density at radius 1 is 1.03 bits per heavy atom. The van der Waals surface area contributed by atoms with Crippen LogP contribution in [0.2, 0.25) is 0 Å². The third kappa shape index (κ3) is 4.33. The minimum atomic E-state index is -0.650. The Morgan fingerprint density at radius 3 is 2.35 bits per heavy atom. The number of nitrogens with zero attached hydrogens (tertiary/aromatic N) is 2. The number of hydrogen-bond acceptors (Lipinski definition) is 6. The standard InChI is InChI=1S/C24H27N3O4/c1-31-19-9-7-18(8-10-19)22(28)20-21(17-5-3-2-4-6-17)27(24(30)23(20)29)16-15-26-13-11-25-12-14-26/h2-10,21,25,28H,11-16H2,1H3/b22-20-. The van der Waals surface area contributed by atoms with Gasteiger partial charge in [0.05, 0.1) is 18.7 Å². The molecule has 2 aliphatic rings. The van der Waals surface area contributed by atoms with Crippen molar-refractivity contribution in [2.24, 2.45) is 0 Å². The summed E-state index contributed by atoms with van der Waals surface area (Å²) in [4.78, 5) is 29.9. The van der Waals surface area contributed by atoms with Crippen molar-refractivity contribution in [3.63, 3.8) is 0 Å². The van der Waals surface area contributed by atoms with E-state index in [0.29, 0.717) is 24.4 Å². The fourth-order valence-corrected chi connectivity index (χ4v) is 4.18. The predicted molar refractivity (Wildman–Crippen MR) is 118 cm³/mol. The molecule has 7 nitrogen and oxygen atoms in total. The van der Waals surface area contributed by atoms with Crippen LogP contribution in [0, 0.1) is 0 Å². The number of nitrogens with one attached hydrogen (secondary N) is 1. The number of hydrogen-bond donors (Lipinski definition) is 2. The van der Waals surface area contributed by atoms with Gasteiger partial charge < -0.3 is 20.1 Å². The van der Waals surface area contributed by atoms with E-state index in [2.05, 4.69) is 10.2 Å². The number of amides is 1. The number of benzene rings is 2. The molecule has 2 aromatic rings. The summed E-state index contributed by atoms with van der Waals surface area (Å²) < 4.78 is 5.17. The zero-order valence-electron chi connectivity index (χ0n) is 17.6. The SMILES string of the molecule is COc1ccc(/C(O)=C2/C(=O)C(=O)N(CCN3CCNCC3)C2c2ccccc2)cc1. The zero-order valence-corrected chi connectivity index (χ0v) is 17.6. The topological polar surface area (TPSA) is 82.1 Å². The summed E-state index contributed by atoms with van der Waals surface area (Å²) in [6.45, 7) is 4.75. The Kier molecular flexibility index (Phi) is 6.34. The van der Waals surface area contributed by atoms with E-state index in [1.807, 2.05) is 30.3 Å². The average molecular weight is 421 g/mol. The van der Waals surface area contributed by atoms with Crippen LogP contribution >= 0.6 is 0 Å². The van der Waals surface area contributed by atoms with E-state index < -0.39 is 17.7 Å². The van der Waals surface area contributed by atoms with Crippen LogP contribution in [0.25, 0.3) is 5.76 Å². The van der Waals surface area contributed by atoms with Crippen LogP contribution in [0.5, 0.6) is 5.75 Å². The highest BCUT2D eigenvalue weighted by Crippen LogP contribution is 2.39. The molecule has 162 valence electrons. The maximum atomic E-state index is 13.0. The molecule has 1 atom stereocenters. The van der Waals surface area contributed by atoms with Gasteiger partial charge in [-0.3, -0.25) is 14.5 Å². The lowest BCUT2D eigenvalue weighted by Crippen LogP contribution is -2.46. The van der Waals surface area contributed by atoms with Gasteiger partial charge in [0.1, 0.15) is 11.5 Å². The molecule has 2 heterocycles. The van der Waals surface area contributed by atoms with Gasteiger partial charge in [-0.15, -0.1) is 0 Å². The summed E-state index contributed by atoms with van der Waals surface area (Å²) in [5.41, 5.74) is 1.40. The molecule has 2 N–H and O–H groups in total. The minimum Gasteiger partial charge on any atom is -0.507 e. The van der Waals surface area contributed by atoms with Gasteiger partial charge in [0.15, 0.2) is 0 Å². The molecule has 1 unspecified atom stereocenters. The number of aliphatic hydroxyl groups excluding tert-OH is 1. The predicted octanol–water partition coefficient (Wildman–Crippen LogP) is 2.02. The first-order chi connectivity index (χ1) is 15.1. The number of aliphatic hydroxyl groups is 1. The zero-order chi connectivity index (χ0) is 21.8. The van der Waals surface area contributed by atoms with Gasteiger partial charge in [-0.2, -0.15) is 0 Å². The summed E-state index contributed by atoms with van der Waals surface area (Å²) in [6.07, 6.45) is 0. The largest absolute Gasteiger partial charge is 0.507 e. The first-order valence-corrected chi connectivity index (χ1v) is 10.5. The number of ether oxygens (including phenoxy) is 1. The molecule has 0 aliphatic carbocycles. The van der Waals surface area contributed by atoms with Crippen LogP contribution in [0.1, 0.15) is 17.2 Å². The number of methoxy groups -OCH3 is 1. The van der Waals surface area contributed by atoms with Gasteiger partial charge in [0.25, 0.3) is 11.7 Å². The third-order valence-electron chi connectivity index (χ3n) is 5.89.